The predicted octanol–water partition coefficient (Wildman–Crippen LogP) is 6.42. The highest BCUT2D eigenvalue weighted by Crippen LogP contribution is 2.40. The van der Waals surface area contributed by atoms with Crippen molar-refractivity contribution in [1.82, 2.24) is 0 Å². The molecule has 0 aromatic heterocycles. The number of phenols is 1. The van der Waals surface area contributed by atoms with Crippen molar-refractivity contribution >= 4 is 33.3 Å². The molecule has 206 valence electrons. The van der Waals surface area contributed by atoms with E-state index in [4.69, 9.17) is 9.47 Å². The van der Waals surface area contributed by atoms with Gasteiger partial charge in [-0.2, -0.15) is 0 Å². The zero-order valence-electron chi connectivity index (χ0n) is 22.1. The maximum Gasteiger partial charge on any atom is 0.336 e. The van der Waals surface area contributed by atoms with Gasteiger partial charge in [0.15, 0.2) is 0 Å². The van der Waals surface area contributed by atoms with Crippen LogP contribution in [-0.4, -0.2) is 39.8 Å². The summed E-state index contributed by atoms with van der Waals surface area (Å²) in [6.07, 6.45) is 0.488. The van der Waals surface area contributed by atoms with Crippen LogP contribution in [0, 0.1) is 0 Å². The topological polar surface area (TPSA) is 113 Å². The minimum absolute atomic E-state index is 0.0129. The van der Waals surface area contributed by atoms with Crippen molar-refractivity contribution in [3.8, 4) is 11.5 Å². The van der Waals surface area contributed by atoms with Crippen molar-refractivity contribution in [2.75, 3.05) is 6.61 Å². The van der Waals surface area contributed by atoms with Crippen LogP contribution in [0.5, 0.6) is 11.5 Å². The molecule has 0 spiro atoms. The number of carbonyl (C=O) groups excluding carboxylic acids is 1. The van der Waals surface area contributed by atoms with Gasteiger partial charge in [-0.1, -0.05) is 72.8 Å². The fraction of sp³-hybridized carbons (Fsp3) is 0.176. The number of aliphatic hydroxyl groups is 1. The minimum Gasteiger partial charge on any atom is -0.507 e. The molecule has 7 nitrogen and oxygen atoms in total. The van der Waals surface area contributed by atoms with Gasteiger partial charge in [-0.3, -0.25) is 4.79 Å². The molecule has 0 bridgehead atoms. The molecule has 1 aliphatic rings. The maximum atomic E-state index is 14.2. The Labute approximate surface area is 236 Å². The highest BCUT2D eigenvalue weighted by molar-refractivity contribution is 6.24. The van der Waals surface area contributed by atoms with Crippen molar-refractivity contribution in [3.05, 3.63) is 119 Å². The lowest BCUT2D eigenvalue weighted by Gasteiger charge is -2.27. The Balaban J connectivity index is 1.44. The molecular weight excluding hydrogens is 520 g/mol. The van der Waals surface area contributed by atoms with Crippen LogP contribution in [0.25, 0.3) is 21.5 Å². The molecule has 1 saturated heterocycles. The van der Waals surface area contributed by atoms with Crippen LogP contribution in [0.3, 0.4) is 0 Å². The van der Waals surface area contributed by atoms with Crippen molar-refractivity contribution in [2.24, 2.45) is 0 Å². The molecule has 5 aromatic rings. The van der Waals surface area contributed by atoms with Gasteiger partial charge in [-0.15, -0.1) is 0 Å². The van der Waals surface area contributed by atoms with Crippen LogP contribution in [0.1, 0.15) is 56.4 Å². The fourth-order valence-electron chi connectivity index (χ4n) is 5.54. The van der Waals surface area contributed by atoms with Crippen molar-refractivity contribution in [2.45, 2.75) is 31.7 Å². The van der Waals surface area contributed by atoms with Gasteiger partial charge in [-0.05, 0) is 51.9 Å². The van der Waals surface area contributed by atoms with Crippen LogP contribution in [0.15, 0.2) is 91.0 Å². The molecule has 2 atom stereocenters. The van der Waals surface area contributed by atoms with E-state index in [0.717, 1.165) is 11.1 Å². The van der Waals surface area contributed by atoms with E-state index in [1.807, 2.05) is 48.5 Å². The molecule has 6 rings (SSSR count). The summed E-state index contributed by atoms with van der Waals surface area (Å²) in [6, 6.07) is 26.5. The average molecular weight is 549 g/mol. The van der Waals surface area contributed by atoms with E-state index in [-0.39, 0.29) is 40.9 Å². The normalized spacial score (nSPS) is 17.0. The minimum atomic E-state index is -1.24. The molecule has 5 aromatic carbocycles. The van der Waals surface area contributed by atoms with E-state index in [2.05, 4.69) is 0 Å². The molecule has 2 unspecified atom stereocenters. The summed E-state index contributed by atoms with van der Waals surface area (Å²) in [7, 11) is 0. The first-order chi connectivity index (χ1) is 19.9. The van der Waals surface area contributed by atoms with Gasteiger partial charge in [0.2, 0.25) is 5.78 Å². The molecular formula is C34H28O7. The summed E-state index contributed by atoms with van der Waals surface area (Å²) in [4.78, 5) is 26.4. The third-order valence-electron chi connectivity index (χ3n) is 7.56. The number of fused-ring (bicyclic) bond motifs is 2. The number of hydrogen-bond acceptors (Lipinski definition) is 6. The number of phenolic OH excluding ortho intramolecular Hbond substituents is 1. The van der Waals surface area contributed by atoms with E-state index in [1.165, 1.54) is 12.1 Å². The fourth-order valence-corrected chi connectivity index (χ4v) is 5.54. The second-order valence-electron chi connectivity index (χ2n) is 10.2. The number of benzene rings is 5. The van der Waals surface area contributed by atoms with Gasteiger partial charge in [0, 0.05) is 24.0 Å². The molecule has 3 N–H and O–H groups in total. The van der Waals surface area contributed by atoms with Gasteiger partial charge in [0.1, 0.15) is 23.7 Å². The summed E-state index contributed by atoms with van der Waals surface area (Å²) < 4.78 is 12.2. The Kier molecular flexibility index (Phi) is 7.14. The van der Waals surface area contributed by atoms with E-state index in [9.17, 15) is 24.9 Å². The molecule has 1 fully saturated rings. The number of carbonyl (C=O) groups is 2. The Hall–Kier alpha value is -4.72. The zero-order valence-corrected chi connectivity index (χ0v) is 22.1. The van der Waals surface area contributed by atoms with Crippen molar-refractivity contribution < 1.29 is 34.4 Å². The Morgan fingerprint density at radius 1 is 0.854 bits per heavy atom. The Morgan fingerprint density at radius 3 is 2.39 bits per heavy atom. The van der Waals surface area contributed by atoms with Gasteiger partial charge < -0.3 is 24.8 Å². The van der Waals surface area contributed by atoms with Gasteiger partial charge in [0.25, 0.3) is 0 Å². The van der Waals surface area contributed by atoms with Crippen molar-refractivity contribution in [1.29, 1.82) is 0 Å². The smallest absolute Gasteiger partial charge is 0.336 e. The van der Waals surface area contributed by atoms with Crippen LogP contribution in [0.4, 0.5) is 0 Å². The van der Waals surface area contributed by atoms with Crippen LogP contribution < -0.4 is 4.74 Å². The van der Waals surface area contributed by atoms with E-state index >= 15 is 0 Å². The number of carboxylic acids is 1. The highest BCUT2D eigenvalue weighted by Gasteiger charge is 2.28. The average Bonchev–Trinajstić information content (AvgIpc) is 2.98. The van der Waals surface area contributed by atoms with Crippen LogP contribution in [0.2, 0.25) is 0 Å². The molecule has 0 amide bonds. The number of ketones is 1. The quantitative estimate of drug-likeness (QED) is 0.201. The van der Waals surface area contributed by atoms with E-state index in [1.54, 1.807) is 30.3 Å². The molecule has 1 heterocycles. The molecule has 0 saturated carbocycles. The first-order valence-corrected chi connectivity index (χ1v) is 13.5. The summed E-state index contributed by atoms with van der Waals surface area (Å²) in [5.74, 6) is -2.01. The summed E-state index contributed by atoms with van der Waals surface area (Å²) in [5.41, 5.74) is 1.46. The molecule has 7 heteroatoms. The Bertz CT molecular complexity index is 1790. The maximum absolute atomic E-state index is 14.2. The summed E-state index contributed by atoms with van der Waals surface area (Å²) in [6.45, 7) is 0.567. The van der Waals surface area contributed by atoms with Gasteiger partial charge >= 0.3 is 5.97 Å². The number of aromatic hydroxyl groups is 1. The van der Waals surface area contributed by atoms with Gasteiger partial charge in [-0.25, -0.2) is 4.79 Å². The number of rotatable bonds is 7. The summed E-state index contributed by atoms with van der Waals surface area (Å²) >= 11 is 0. The Morgan fingerprint density at radius 2 is 1.61 bits per heavy atom. The third-order valence-corrected chi connectivity index (χ3v) is 7.56. The number of carboxylic acid groups (broad SMARTS) is 1. The second-order valence-corrected chi connectivity index (χ2v) is 10.2. The highest BCUT2D eigenvalue weighted by atomic mass is 16.5. The van der Waals surface area contributed by atoms with Crippen LogP contribution >= 0.6 is 0 Å². The molecule has 41 heavy (non-hydrogen) atoms. The first-order valence-electron chi connectivity index (χ1n) is 13.5. The lowest BCUT2D eigenvalue weighted by Crippen LogP contribution is -2.23. The van der Waals surface area contributed by atoms with Crippen molar-refractivity contribution in [3.63, 3.8) is 0 Å². The standard InChI is InChI=1S/C34H28O7/c35-24-14-15-40-29(18-24)23-9-5-6-20(16-23)19-41-33-26-11-4-2-8-22(26)17-28(36)31(33)32(37)30-25-10-3-1-7-21(25)12-13-27(30)34(38)39/h1-13,16-17,24,29,35-36H,14-15,18-19H2,(H,38,39). The monoisotopic (exact) mass is 548 g/mol. The summed E-state index contributed by atoms with van der Waals surface area (Å²) in [5, 5.41) is 33.7. The van der Waals surface area contributed by atoms with Crippen LogP contribution in [-0.2, 0) is 11.3 Å². The second kappa shape index (κ2) is 11.0. The molecule has 0 radical (unpaired) electrons. The SMILES string of the molecule is O=C(O)c1ccc2ccccc2c1C(=O)c1c(O)cc2ccccc2c1OCc1cccc(C2CC(O)CCO2)c1. The number of aromatic carboxylic acids is 1. The lowest BCUT2D eigenvalue weighted by atomic mass is 9.90. The van der Waals surface area contributed by atoms with E-state index < -0.39 is 17.9 Å². The largest absolute Gasteiger partial charge is 0.507 e. The number of ether oxygens (including phenoxy) is 2. The number of aliphatic hydroxyl groups excluding tert-OH is 1. The number of hydrogen-bond donors (Lipinski definition) is 3. The predicted molar refractivity (Wildman–Crippen MR) is 155 cm³/mol. The molecule has 0 aliphatic carbocycles. The first kappa shape index (κ1) is 26.5. The van der Waals surface area contributed by atoms with Gasteiger partial charge in [0.05, 0.1) is 17.8 Å². The molecule has 1 aliphatic heterocycles. The third kappa shape index (κ3) is 5.13. The lowest BCUT2D eigenvalue weighted by molar-refractivity contribution is -0.0448. The van der Waals surface area contributed by atoms with E-state index in [0.29, 0.717) is 41.0 Å². The zero-order chi connectivity index (χ0) is 28.5.